The molecule has 1 N–H and O–H groups in total. The van der Waals surface area contributed by atoms with Crippen molar-refractivity contribution in [2.45, 2.75) is 64.6 Å². The third-order valence-electron chi connectivity index (χ3n) is 8.13. The molecule has 4 bridgehead atoms. The molecule has 0 unspecified atom stereocenters. The van der Waals surface area contributed by atoms with Crippen molar-refractivity contribution in [2.75, 3.05) is 7.11 Å². The maximum absolute atomic E-state index is 6.08. The summed E-state index contributed by atoms with van der Waals surface area (Å²) in [5.41, 5.74) is 2.81. The molecule has 166 valence electrons. The van der Waals surface area contributed by atoms with E-state index in [9.17, 15) is 0 Å². The lowest BCUT2D eigenvalue weighted by Gasteiger charge is -2.59. The number of benzene rings is 2. The fourth-order valence-electron chi connectivity index (χ4n) is 6.92. The van der Waals surface area contributed by atoms with Crippen LogP contribution in [0.25, 0.3) is 0 Å². The molecule has 1 atom stereocenters. The van der Waals surface area contributed by atoms with Crippen LogP contribution in [0.5, 0.6) is 11.5 Å². The first kappa shape index (κ1) is 21.2. The molecule has 2 aromatic carbocycles. The molecule has 4 heteroatoms. The SMILES string of the molecule is COc1cc(CN[C@H](C)C23CC4CC(CC(C4)C2)C3)ccc1OCc1cccc(Cl)c1. The highest BCUT2D eigenvalue weighted by Gasteiger charge is 2.52. The standard InChI is InChI=1S/C27H34ClNO2/c1-18(27-13-21-8-22(14-27)10-23(9-21)15-27)29-16-19-6-7-25(26(12-19)30-2)31-17-20-4-3-5-24(28)11-20/h3-7,11-12,18,21-23,29H,8-10,13-17H2,1-2H3/t18-,21?,22?,23?,27?/m1/s1. The molecule has 0 radical (unpaired) electrons. The van der Waals surface area contributed by atoms with Crippen LogP contribution in [-0.4, -0.2) is 13.2 Å². The Balaban J connectivity index is 1.21. The molecular weight excluding hydrogens is 406 g/mol. The van der Waals surface area contributed by atoms with Crippen LogP contribution in [0.1, 0.15) is 56.6 Å². The summed E-state index contributed by atoms with van der Waals surface area (Å²) in [6.07, 6.45) is 8.81. The van der Waals surface area contributed by atoms with Gasteiger partial charge in [0.25, 0.3) is 0 Å². The average molecular weight is 440 g/mol. The minimum absolute atomic E-state index is 0.470. The van der Waals surface area contributed by atoms with E-state index in [-0.39, 0.29) is 0 Å². The zero-order chi connectivity index (χ0) is 21.4. The monoisotopic (exact) mass is 439 g/mol. The van der Waals surface area contributed by atoms with Crippen molar-refractivity contribution in [3.05, 3.63) is 58.6 Å². The van der Waals surface area contributed by atoms with Crippen molar-refractivity contribution in [3.8, 4) is 11.5 Å². The first-order valence-electron chi connectivity index (χ1n) is 11.8. The van der Waals surface area contributed by atoms with Gasteiger partial charge in [-0.2, -0.15) is 0 Å². The van der Waals surface area contributed by atoms with Gasteiger partial charge in [-0.15, -0.1) is 0 Å². The Morgan fingerprint density at radius 2 is 1.68 bits per heavy atom. The Morgan fingerprint density at radius 1 is 0.968 bits per heavy atom. The van der Waals surface area contributed by atoms with Gasteiger partial charge in [0, 0.05) is 17.6 Å². The maximum Gasteiger partial charge on any atom is 0.161 e. The van der Waals surface area contributed by atoms with Crippen LogP contribution in [-0.2, 0) is 13.2 Å². The molecule has 3 nitrogen and oxygen atoms in total. The van der Waals surface area contributed by atoms with Crippen molar-refractivity contribution in [2.24, 2.45) is 23.2 Å². The largest absolute Gasteiger partial charge is 0.493 e. The number of methoxy groups -OCH3 is 1. The Labute approximate surface area is 191 Å². The summed E-state index contributed by atoms with van der Waals surface area (Å²) in [5.74, 6) is 4.52. The summed E-state index contributed by atoms with van der Waals surface area (Å²) in [6, 6.07) is 14.6. The molecule has 4 aliphatic carbocycles. The fourth-order valence-corrected chi connectivity index (χ4v) is 7.14. The molecule has 0 aromatic heterocycles. The van der Waals surface area contributed by atoms with Gasteiger partial charge in [-0.3, -0.25) is 0 Å². The quantitative estimate of drug-likeness (QED) is 0.501. The lowest BCUT2D eigenvalue weighted by molar-refractivity contribution is -0.0706. The van der Waals surface area contributed by atoms with E-state index in [1.54, 1.807) is 7.11 Å². The van der Waals surface area contributed by atoms with E-state index < -0.39 is 0 Å². The van der Waals surface area contributed by atoms with E-state index in [1.807, 2.05) is 30.3 Å². The van der Waals surface area contributed by atoms with Gasteiger partial charge in [-0.25, -0.2) is 0 Å². The molecule has 0 heterocycles. The molecule has 0 saturated heterocycles. The van der Waals surface area contributed by atoms with Gasteiger partial charge in [0.05, 0.1) is 7.11 Å². The molecule has 0 aliphatic heterocycles. The third-order valence-corrected chi connectivity index (χ3v) is 8.36. The number of ether oxygens (including phenoxy) is 2. The van der Waals surface area contributed by atoms with E-state index in [1.165, 1.54) is 44.1 Å². The Kier molecular flexibility index (Phi) is 5.92. The second kappa shape index (κ2) is 8.67. The molecule has 4 saturated carbocycles. The zero-order valence-corrected chi connectivity index (χ0v) is 19.5. The van der Waals surface area contributed by atoms with Crippen LogP contribution in [0.4, 0.5) is 0 Å². The van der Waals surface area contributed by atoms with Gasteiger partial charge < -0.3 is 14.8 Å². The van der Waals surface area contributed by atoms with Crippen LogP contribution in [0.3, 0.4) is 0 Å². The summed E-state index contributed by atoms with van der Waals surface area (Å²) >= 11 is 6.08. The van der Waals surface area contributed by atoms with Crippen LogP contribution in [0, 0.1) is 23.2 Å². The second-order valence-electron chi connectivity index (χ2n) is 10.3. The van der Waals surface area contributed by atoms with Gasteiger partial charge in [-0.05, 0) is 104 Å². The summed E-state index contributed by atoms with van der Waals surface area (Å²) < 4.78 is 11.6. The maximum atomic E-state index is 6.08. The molecule has 2 aromatic rings. The minimum atomic E-state index is 0.470. The highest BCUT2D eigenvalue weighted by atomic mass is 35.5. The zero-order valence-electron chi connectivity index (χ0n) is 18.7. The molecular formula is C27H34ClNO2. The van der Waals surface area contributed by atoms with E-state index in [2.05, 4.69) is 24.4 Å². The van der Waals surface area contributed by atoms with E-state index in [0.29, 0.717) is 18.1 Å². The number of nitrogens with one attached hydrogen (secondary N) is 1. The Hall–Kier alpha value is -1.71. The van der Waals surface area contributed by atoms with Gasteiger partial charge in [-0.1, -0.05) is 29.8 Å². The van der Waals surface area contributed by atoms with Gasteiger partial charge >= 0.3 is 0 Å². The van der Waals surface area contributed by atoms with Gasteiger partial charge in [0.15, 0.2) is 11.5 Å². The molecule has 0 amide bonds. The van der Waals surface area contributed by atoms with Crippen LogP contribution < -0.4 is 14.8 Å². The molecule has 4 aliphatic rings. The van der Waals surface area contributed by atoms with Crippen LogP contribution in [0.2, 0.25) is 5.02 Å². The topological polar surface area (TPSA) is 30.5 Å². The lowest BCUT2D eigenvalue weighted by atomic mass is 9.48. The summed E-state index contributed by atoms with van der Waals surface area (Å²) in [6.45, 7) is 3.76. The first-order chi connectivity index (χ1) is 15.0. The molecule has 31 heavy (non-hydrogen) atoms. The predicted molar refractivity (Wildman–Crippen MR) is 126 cm³/mol. The minimum Gasteiger partial charge on any atom is -0.493 e. The van der Waals surface area contributed by atoms with E-state index in [0.717, 1.165) is 46.4 Å². The number of rotatable bonds is 8. The highest BCUT2D eigenvalue weighted by Crippen LogP contribution is 2.61. The van der Waals surface area contributed by atoms with E-state index in [4.69, 9.17) is 21.1 Å². The van der Waals surface area contributed by atoms with Crippen molar-refractivity contribution < 1.29 is 9.47 Å². The Morgan fingerprint density at radius 3 is 2.32 bits per heavy atom. The highest BCUT2D eigenvalue weighted by molar-refractivity contribution is 6.30. The van der Waals surface area contributed by atoms with Gasteiger partial charge in [0.2, 0.25) is 0 Å². The second-order valence-corrected chi connectivity index (χ2v) is 10.7. The summed E-state index contributed by atoms with van der Waals surface area (Å²) in [4.78, 5) is 0. The van der Waals surface area contributed by atoms with Crippen molar-refractivity contribution in [1.29, 1.82) is 0 Å². The molecule has 6 rings (SSSR count). The van der Waals surface area contributed by atoms with Gasteiger partial charge in [0.1, 0.15) is 6.61 Å². The average Bonchev–Trinajstić information content (AvgIpc) is 2.75. The van der Waals surface area contributed by atoms with Crippen molar-refractivity contribution in [1.82, 2.24) is 5.32 Å². The Bertz CT molecular complexity index is 892. The third kappa shape index (κ3) is 4.45. The van der Waals surface area contributed by atoms with E-state index >= 15 is 0 Å². The summed E-state index contributed by atoms with van der Waals surface area (Å²) in [5, 5.41) is 4.60. The summed E-state index contributed by atoms with van der Waals surface area (Å²) in [7, 11) is 1.71. The van der Waals surface area contributed by atoms with Crippen LogP contribution >= 0.6 is 11.6 Å². The predicted octanol–water partition coefficient (Wildman–Crippen LogP) is 6.62. The normalized spacial score (nSPS) is 29.7. The number of hydrogen-bond donors (Lipinski definition) is 1. The van der Waals surface area contributed by atoms with Crippen LogP contribution in [0.15, 0.2) is 42.5 Å². The first-order valence-corrected chi connectivity index (χ1v) is 12.2. The number of halogens is 1. The molecule has 4 fully saturated rings. The smallest absolute Gasteiger partial charge is 0.161 e. The molecule has 0 spiro atoms. The lowest BCUT2D eigenvalue weighted by Crippen LogP contribution is -2.54. The number of hydrogen-bond acceptors (Lipinski definition) is 3. The van der Waals surface area contributed by atoms with Crippen molar-refractivity contribution in [3.63, 3.8) is 0 Å². The van der Waals surface area contributed by atoms with Crippen molar-refractivity contribution >= 4 is 11.6 Å². The fraction of sp³-hybridized carbons (Fsp3) is 0.556.